The lowest BCUT2D eigenvalue weighted by atomic mass is 10.1. The van der Waals surface area contributed by atoms with Gasteiger partial charge in [0.25, 0.3) is 0 Å². The van der Waals surface area contributed by atoms with Crippen LogP contribution >= 0.6 is 0 Å². The van der Waals surface area contributed by atoms with Gasteiger partial charge in [0.15, 0.2) is 0 Å². The predicted octanol–water partition coefficient (Wildman–Crippen LogP) is 1.25. The number of benzene rings is 1. The summed E-state index contributed by atoms with van der Waals surface area (Å²) in [5.41, 5.74) is -0.318. The summed E-state index contributed by atoms with van der Waals surface area (Å²) in [6.07, 6.45) is 1.28. The molecule has 6 nitrogen and oxygen atoms in total. The van der Waals surface area contributed by atoms with Crippen molar-refractivity contribution in [2.75, 3.05) is 14.2 Å². The molecule has 0 saturated heterocycles. The Morgan fingerprint density at radius 3 is 2.47 bits per heavy atom. The SMILES string of the molecule is COc1cc(OC)c2c(c1)c(=O)c(C(=O)O)cn2C. The van der Waals surface area contributed by atoms with Gasteiger partial charge >= 0.3 is 5.97 Å². The highest BCUT2D eigenvalue weighted by Gasteiger charge is 2.17. The van der Waals surface area contributed by atoms with Gasteiger partial charge in [-0.1, -0.05) is 0 Å². The molecule has 6 heteroatoms. The third-order valence-electron chi connectivity index (χ3n) is 2.90. The van der Waals surface area contributed by atoms with E-state index in [-0.39, 0.29) is 10.9 Å². The van der Waals surface area contributed by atoms with Crippen molar-refractivity contribution >= 4 is 16.9 Å². The highest BCUT2D eigenvalue weighted by atomic mass is 16.5. The molecular formula is C13H13NO5. The van der Waals surface area contributed by atoms with Crippen molar-refractivity contribution in [3.8, 4) is 11.5 Å². The third kappa shape index (κ3) is 2.01. The first kappa shape index (κ1) is 12.9. The second kappa shape index (κ2) is 4.64. The van der Waals surface area contributed by atoms with Crippen LogP contribution < -0.4 is 14.9 Å². The molecule has 0 unspecified atom stereocenters. The summed E-state index contributed by atoms with van der Waals surface area (Å²) in [5.74, 6) is -0.376. The van der Waals surface area contributed by atoms with Crippen LogP contribution in [0.2, 0.25) is 0 Å². The number of ether oxygens (including phenoxy) is 2. The van der Waals surface area contributed by atoms with E-state index >= 15 is 0 Å². The fourth-order valence-electron chi connectivity index (χ4n) is 2.01. The van der Waals surface area contributed by atoms with E-state index in [0.29, 0.717) is 17.0 Å². The van der Waals surface area contributed by atoms with Gasteiger partial charge in [-0.25, -0.2) is 4.79 Å². The van der Waals surface area contributed by atoms with Crippen LogP contribution in [-0.2, 0) is 7.05 Å². The number of nitrogens with zero attached hydrogens (tertiary/aromatic N) is 1. The van der Waals surface area contributed by atoms with Crippen molar-refractivity contribution < 1.29 is 19.4 Å². The molecule has 0 bridgehead atoms. The Hall–Kier alpha value is -2.50. The lowest BCUT2D eigenvalue weighted by Crippen LogP contribution is -2.18. The maximum atomic E-state index is 12.2. The number of aromatic nitrogens is 1. The van der Waals surface area contributed by atoms with Gasteiger partial charge in [0.1, 0.15) is 17.1 Å². The summed E-state index contributed by atoms with van der Waals surface area (Å²) in [6.45, 7) is 0. The third-order valence-corrected chi connectivity index (χ3v) is 2.90. The maximum Gasteiger partial charge on any atom is 0.341 e. The Kier molecular flexibility index (Phi) is 3.16. The minimum atomic E-state index is -1.26. The van der Waals surface area contributed by atoms with Crippen LogP contribution in [-0.4, -0.2) is 29.9 Å². The molecule has 1 heterocycles. The van der Waals surface area contributed by atoms with Crippen LogP contribution in [0.3, 0.4) is 0 Å². The number of hydrogen-bond acceptors (Lipinski definition) is 4. The molecule has 1 N–H and O–H groups in total. The molecular weight excluding hydrogens is 250 g/mol. The molecule has 0 fully saturated rings. The number of carbonyl (C=O) groups is 1. The molecule has 2 aromatic rings. The summed E-state index contributed by atoms with van der Waals surface area (Å²) in [7, 11) is 4.60. The van der Waals surface area contributed by atoms with Gasteiger partial charge in [0.2, 0.25) is 5.43 Å². The Balaban J connectivity index is 2.98. The topological polar surface area (TPSA) is 77.8 Å². The molecule has 0 radical (unpaired) electrons. The molecule has 0 spiro atoms. The van der Waals surface area contributed by atoms with Gasteiger partial charge < -0.3 is 19.1 Å². The second-order valence-corrected chi connectivity index (χ2v) is 4.01. The van der Waals surface area contributed by atoms with E-state index in [1.807, 2.05) is 0 Å². The molecule has 0 saturated carbocycles. The van der Waals surface area contributed by atoms with Gasteiger partial charge in [0.05, 0.1) is 25.1 Å². The van der Waals surface area contributed by atoms with Crippen molar-refractivity contribution in [1.29, 1.82) is 0 Å². The van der Waals surface area contributed by atoms with Crippen LogP contribution in [0.4, 0.5) is 0 Å². The summed E-state index contributed by atoms with van der Waals surface area (Å²) in [5, 5.41) is 9.28. The number of rotatable bonds is 3. The van der Waals surface area contributed by atoms with Crippen molar-refractivity contribution in [3.63, 3.8) is 0 Å². The molecule has 0 atom stereocenters. The maximum absolute atomic E-state index is 12.2. The zero-order chi connectivity index (χ0) is 14.2. The fourth-order valence-corrected chi connectivity index (χ4v) is 2.01. The lowest BCUT2D eigenvalue weighted by molar-refractivity contribution is 0.0695. The van der Waals surface area contributed by atoms with E-state index in [2.05, 4.69) is 0 Å². The summed E-state index contributed by atoms with van der Waals surface area (Å²) in [4.78, 5) is 23.2. The first-order chi connectivity index (χ1) is 8.99. The fraction of sp³-hybridized carbons (Fsp3) is 0.231. The number of carboxylic acid groups (broad SMARTS) is 1. The van der Waals surface area contributed by atoms with Crippen LogP contribution in [0.5, 0.6) is 11.5 Å². The monoisotopic (exact) mass is 263 g/mol. The summed E-state index contributed by atoms with van der Waals surface area (Å²) in [6, 6.07) is 3.15. The van der Waals surface area contributed by atoms with Crippen molar-refractivity contribution in [1.82, 2.24) is 4.57 Å². The zero-order valence-corrected chi connectivity index (χ0v) is 10.8. The van der Waals surface area contributed by atoms with Gasteiger partial charge in [-0.05, 0) is 6.07 Å². The molecule has 0 amide bonds. The van der Waals surface area contributed by atoms with Crippen LogP contribution in [0, 0.1) is 0 Å². The van der Waals surface area contributed by atoms with E-state index in [4.69, 9.17) is 14.6 Å². The van der Waals surface area contributed by atoms with Crippen LogP contribution in [0.25, 0.3) is 10.9 Å². The Labute approximate surface area is 108 Å². The number of pyridine rings is 1. The van der Waals surface area contributed by atoms with Gasteiger partial charge in [-0.3, -0.25) is 4.79 Å². The highest BCUT2D eigenvalue weighted by Crippen LogP contribution is 2.29. The number of carboxylic acids is 1. The van der Waals surface area contributed by atoms with Crippen LogP contribution in [0.15, 0.2) is 23.1 Å². The van der Waals surface area contributed by atoms with E-state index in [1.165, 1.54) is 26.5 Å². The Morgan fingerprint density at radius 2 is 1.95 bits per heavy atom. The zero-order valence-electron chi connectivity index (χ0n) is 10.8. The molecule has 0 aliphatic heterocycles. The van der Waals surface area contributed by atoms with Crippen molar-refractivity contribution in [3.05, 3.63) is 34.1 Å². The average Bonchev–Trinajstić information content (AvgIpc) is 2.40. The van der Waals surface area contributed by atoms with Crippen molar-refractivity contribution in [2.45, 2.75) is 0 Å². The number of aryl methyl sites for hydroxylation is 1. The smallest absolute Gasteiger partial charge is 0.341 e. The molecule has 2 rings (SSSR count). The lowest BCUT2D eigenvalue weighted by Gasteiger charge is -2.12. The standard InChI is InChI=1S/C13H13NO5/c1-14-6-9(13(16)17)12(15)8-4-7(18-2)5-10(19-3)11(8)14/h4-6H,1-3H3,(H,16,17). The number of fused-ring (bicyclic) bond motifs is 1. The number of hydrogen-bond donors (Lipinski definition) is 1. The minimum Gasteiger partial charge on any atom is -0.497 e. The average molecular weight is 263 g/mol. The molecule has 100 valence electrons. The molecule has 0 aliphatic carbocycles. The van der Waals surface area contributed by atoms with E-state index in [9.17, 15) is 9.59 Å². The Bertz CT molecular complexity index is 717. The highest BCUT2D eigenvalue weighted by molar-refractivity contribution is 5.94. The first-order valence-electron chi connectivity index (χ1n) is 5.48. The largest absolute Gasteiger partial charge is 0.497 e. The second-order valence-electron chi connectivity index (χ2n) is 4.01. The molecule has 19 heavy (non-hydrogen) atoms. The Morgan fingerprint density at radius 1 is 1.26 bits per heavy atom. The molecule has 1 aromatic heterocycles. The quantitative estimate of drug-likeness (QED) is 0.901. The van der Waals surface area contributed by atoms with Gasteiger partial charge in [-0.2, -0.15) is 0 Å². The summed E-state index contributed by atoms with van der Waals surface area (Å²) < 4.78 is 11.9. The van der Waals surface area contributed by atoms with Crippen molar-refractivity contribution in [2.24, 2.45) is 7.05 Å². The number of aromatic carboxylic acids is 1. The molecule has 0 aliphatic rings. The number of methoxy groups -OCH3 is 2. The summed E-state index contributed by atoms with van der Waals surface area (Å²) >= 11 is 0. The van der Waals surface area contributed by atoms with E-state index in [1.54, 1.807) is 17.7 Å². The normalized spacial score (nSPS) is 10.5. The van der Waals surface area contributed by atoms with E-state index in [0.717, 1.165) is 0 Å². The first-order valence-corrected chi connectivity index (χ1v) is 5.48. The van der Waals surface area contributed by atoms with Gasteiger partial charge in [0, 0.05) is 19.3 Å². The van der Waals surface area contributed by atoms with E-state index < -0.39 is 11.4 Å². The van der Waals surface area contributed by atoms with Crippen LogP contribution in [0.1, 0.15) is 10.4 Å². The molecule has 1 aromatic carbocycles. The minimum absolute atomic E-state index is 0.249. The van der Waals surface area contributed by atoms with Gasteiger partial charge in [-0.15, -0.1) is 0 Å². The predicted molar refractivity (Wildman–Crippen MR) is 69.3 cm³/mol.